The number of halogens is 1. The Hall–Kier alpha value is -2.97. The molecule has 0 fully saturated rings. The summed E-state index contributed by atoms with van der Waals surface area (Å²) >= 11 is 0. The fourth-order valence-corrected chi connectivity index (χ4v) is 1.59. The van der Waals surface area contributed by atoms with Crippen LogP contribution in [0.3, 0.4) is 0 Å². The highest BCUT2D eigenvalue weighted by Gasteiger charge is 2.15. The van der Waals surface area contributed by atoms with E-state index in [0.29, 0.717) is 5.69 Å². The van der Waals surface area contributed by atoms with Crippen molar-refractivity contribution in [3.05, 3.63) is 46.5 Å². The second-order valence-corrected chi connectivity index (χ2v) is 3.94. The number of nitro groups is 1. The number of primary amides is 1. The molecule has 2 rings (SSSR count). The van der Waals surface area contributed by atoms with Crippen molar-refractivity contribution in [1.82, 2.24) is 9.78 Å². The maximum atomic E-state index is 13.0. The molecular formula is C11H10FN5O3. The van der Waals surface area contributed by atoms with Crippen LogP contribution in [0.15, 0.2) is 30.6 Å². The molecule has 8 nitrogen and oxygen atoms in total. The van der Waals surface area contributed by atoms with Crippen LogP contribution in [-0.4, -0.2) is 20.6 Å². The lowest BCUT2D eigenvalue weighted by atomic mass is 10.2. The second kappa shape index (κ2) is 5.34. The third kappa shape index (κ3) is 3.07. The fourth-order valence-electron chi connectivity index (χ4n) is 1.59. The Bertz CT molecular complexity index is 670. The van der Waals surface area contributed by atoms with Crippen LogP contribution >= 0.6 is 0 Å². The van der Waals surface area contributed by atoms with E-state index in [0.717, 1.165) is 12.1 Å². The van der Waals surface area contributed by atoms with Gasteiger partial charge in [-0.3, -0.25) is 19.6 Å². The Balaban J connectivity index is 2.23. The number of hydrogen-bond acceptors (Lipinski definition) is 5. The van der Waals surface area contributed by atoms with Gasteiger partial charge < -0.3 is 11.1 Å². The minimum Gasteiger partial charge on any atom is -0.368 e. The van der Waals surface area contributed by atoms with E-state index in [1.165, 1.54) is 23.1 Å². The van der Waals surface area contributed by atoms with E-state index in [1.807, 2.05) is 0 Å². The molecular weight excluding hydrogens is 269 g/mol. The van der Waals surface area contributed by atoms with Gasteiger partial charge in [0.05, 0.1) is 22.9 Å². The van der Waals surface area contributed by atoms with Crippen LogP contribution in [0, 0.1) is 15.9 Å². The van der Waals surface area contributed by atoms with Crippen molar-refractivity contribution in [3.63, 3.8) is 0 Å². The maximum Gasteiger partial charge on any atom is 0.295 e. The van der Waals surface area contributed by atoms with Crippen molar-refractivity contribution in [3.8, 4) is 0 Å². The topological polar surface area (TPSA) is 116 Å². The van der Waals surface area contributed by atoms with Crippen LogP contribution in [0.1, 0.15) is 0 Å². The smallest absolute Gasteiger partial charge is 0.295 e. The quantitative estimate of drug-likeness (QED) is 0.629. The summed E-state index contributed by atoms with van der Waals surface area (Å²) in [5, 5.41) is 17.4. The highest BCUT2D eigenvalue weighted by molar-refractivity contribution is 5.73. The van der Waals surface area contributed by atoms with E-state index in [1.54, 1.807) is 0 Å². The highest BCUT2D eigenvalue weighted by atomic mass is 19.1. The molecule has 104 valence electrons. The molecule has 0 saturated carbocycles. The van der Waals surface area contributed by atoms with Gasteiger partial charge in [-0.1, -0.05) is 0 Å². The lowest BCUT2D eigenvalue weighted by Gasteiger charge is -2.04. The standard InChI is InChI=1S/C11H10FN5O3/c12-7-1-2-9(10(3-7)17(19)20)15-8-4-14-16(5-8)6-11(13)18/h1-5,15H,6H2,(H2,13,18). The zero-order valence-corrected chi connectivity index (χ0v) is 10.1. The van der Waals surface area contributed by atoms with Crippen LogP contribution in [-0.2, 0) is 11.3 Å². The van der Waals surface area contributed by atoms with Gasteiger partial charge in [-0.15, -0.1) is 0 Å². The molecule has 0 saturated heterocycles. The first-order valence-electron chi connectivity index (χ1n) is 5.47. The van der Waals surface area contributed by atoms with E-state index < -0.39 is 22.3 Å². The first-order chi connectivity index (χ1) is 9.45. The van der Waals surface area contributed by atoms with Crippen molar-refractivity contribution < 1.29 is 14.1 Å². The lowest BCUT2D eigenvalue weighted by molar-refractivity contribution is -0.384. The summed E-state index contributed by atoms with van der Waals surface area (Å²) in [5.74, 6) is -1.26. The summed E-state index contributed by atoms with van der Waals surface area (Å²) < 4.78 is 14.3. The van der Waals surface area contributed by atoms with Crippen molar-refractivity contribution in [1.29, 1.82) is 0 Å². The molecule has 0 unspecified atom stereocenters. The average molecular weight is 279 g/mol. The van der Waals surface area contributed by atoms with Crippen LogP contribution < -0.4 is 11.1 Å². The predicted molar refractivity (Wildman–Crippen MR) is 67.8 cm³/mol. The fraction of sp³-hybridized carbons (Fsp3) is 0.0909. The number of aromatic nitrogens is 2. The Morgan fingerprint density at radius 2 is 2.30 bits per heavy atom. The summed E-state index contributed by atoms with van der Waals surface area (Å²) in [7, 11) is 0. The van der Waals surface area contributed by atoms with Crippen molar-refractivity contribution in [2.24, 2.45) is 5.73 Å². The van der Waals surface area contributed by atoms with Gasteiger partial charge in [0.2, 0.25) is 5.91 Å². The molecule has 1 aromatic carbocycles. The summed E-state index contributed by atoms with van der Waals surface area (Å²) in [5.41, 5.74) is 5.16. The van der Waals surface area contributed by atoms with Gasteiger partial charge in [-0.25, -0.2) is 4.39 Å². The Morgan fingerprint density at radius 1 is 1.55 bits per heavy atom. The maximum absolute atomic E-state index is 13.0. The van der Waals surface area contributed by atoms with Gasteiger partial charge in [0, 0.05) is 6.20 Å². The number of amides is 1. The molecule has 0 spiro atoms. The minimum atomic E-state index is -0.702. The molecule has 1 amide bonds. The Kier molecular flexibility index (Phi) is 3.60. The molecule has 1 aromatic heterocycles. The number of nitro benzene ring substituents is 1. The lowest BCUT2D eigenvalue weighted by Crippen LogP contribution is -2.18. The van der Waals surface area contributed by atoms with E-state index >= 15 is 0 Å². The van der Waals surface area contributed by atoms with E-state index in [-0.39, 0.29) is 12.2 Å². The summed E-state index contributed by atoms with van der Waals surface area (Å²) in [4.78, 5) is 20.9. The van der Waals surface area contributed by atoms with Crippen LogP contribution in [0.4, 0.5) is 21.5 Å². The van der Waals surface area contributed by atoms with E-state index in [4.69, 9.17) is 5.73 Å². The number of carbonyl (C=O) groups excluding carboxylic acids is 1. The molecule has 0 aliphatic heterocycles. The van der Waals surface area contributed by atoms with Crippen LogP contribution in [0.25, 0.3) is 0 Å². The highest BCUT2D eigenvalue weighted by Crippen LogP contribution is 2.27. The molecule has 0 atom stereocenters. The summed E-state index contributed by atoms with van der Waals surface area (Å²) in [6, 6.07) is 3.16. The normalized spacial score (nSPS) is 10.2. The van der Waals surface area contributed by atoms with Gasteiger partial charge in [0.1, 0.15) is 18.0 Å². The number of nitrogens with one attached hydrogen (secondary N) is 1. The van der Waals surface area contributed by atoms with Crippen molar-refractivity contribution >= 4 is 23.0 Å². The summed E-state index contributed by atoms with van der Waals surface area (Å²) in [6.45, 7) is -0.104. The summed E-state index contributed by atoms with van der Waals surface area (Å²) in [6.07, 6.45) is 2.83. The number of carbonyl (C=O) groups is 1. The zero-order chi connectivity index (χ0) is 14.7. The molecule has 3 N–H and O–H groups in total. The SMILES string of the molecule is NC(=O)Cn1cc(Nc2ccc(F)cc2[N+](=O)[O-])cn1. The number of nitrogens with zero attached hydrogens (tertiary/aromatic N) is 3. The molecule has 1 heterocycles. The number of rotatable bonds is 5. The third-order valence-corrected chi connectivity index (χ3v) is 2.39. The molecule has 0 radical (unpaired) electrons. The largest absolute Gasteiger partial charge is 0.368 e. The third-order valence-electron chi connectivity index (χ3n) is 2.39. The average Bonchev–Trinajstić information content (AvgIpc) is 2.77. The Labute approximate surface area is 112 Å². The molecule has 0 aliphatic carbocycles. The van der Waals surface area contributed by atoms with Crippen molar-refractivity contribution in [2.75, 3.05) is 5.32 Å². The second-order valence-electron chi connectivity index (χ2n) is 3.94. The van der Waals surface area contributed by atoms with Gasteiger partial charge in [-0.05, 0) is 12.1 Å². The molecule has 0 bridgehead atoms. The number of benzene rings is 1. The van der Waals surface area contributed by atoms with Gasteiger partial charge in [-0.2, -0.15) is 5.10 Å². The number of nitrogens with two attached hydrogens (primary N) is 1. The minimum absolute atomic E-state index is 0.104. The molecule has 0 aliphatic rings. The van der Waals surface area contributed by atoms with Crippen LogP contribution in [0.5, 0.6) is 0 Å². The van der Waals surface area contributed by atoms with Gasteiger partial charge in [0.15, 0.2) is 0 Å². The van der Waals surface area contributed by atoms with Crippen LogP contribution in [0.2, 0.25) is 0 Å². The molecule has 2 aromatic rings. The number of hydrogen-bond donors (Lipinski definition) is 2. The first-order valence-corrected chi connectivity index (χ1v) is 5.47. The van der Waals surface area contributed by atoms with Crippen molar-refractivity contribution in [2.45, 2.75) is 6.54 Å². The van der Waals surface area contributed by atoms with E-state index in [2.05, 4.69) is 10.4 Å². The van der Waals surface area contributed by atoms with Gasteiger partial charge in [0.25, 0.3) is 5.69 Å². The number of anilines is 2. The zero-order valence-electron chi connectivity index (χ0n) is 10.1. The molecule has 9 heteroatoms. The first kappa shape index (κ1) is 13.5. The molecule has 20 heavy (non-hydrogen) atoms. The van der Waals surface area contributed by atoms with E-state index in [9.17, 15) is 19.3 Å². The Morgan fingerprint density at radius 3 is 2.95 bits per heavy atom. The predicted octanol–water partition coefficient (Wildman–Crippen LogP) is 1.16. The monoisotopic (exact) mass is 279 g/mol. The van der Waals surface area contributed by atoms with Gasteiger partial charge >= 0.3 is 0 Å².